The summed E-state index contributed by atoms with van der Waals surface area (Å²) in [5.41, 5.74) is 0.767. The summed E-state index contributed by atoms with van der Waals surface area (Å²) >= 11 is 3.10. The van der Waals surface area contributed by atoms with E-state index in [0.717, 1.165) is 18.7 Å². The van der Waals surface area contributed by atoms with Gasteiger partial charge >= 0.3 is 0 Å². The number of carbonyl (C=O) groups is 1. The van der Waals surface area contributed by atoms with Crippen LogP contribution in [0.5, 0.6) is 0 Å². The van der Waals surface area contributed by atoms with Crippen LogP contribution in [0.25, 0.3) is 0 Å². The normalized spacial score (nSPS) is 16.2. The van der Waals surface area contributed by atoms with Crippen molar-refractivity contribution in [3.8, 4) is 0 Å². The lowest BCUT2D eigenvalue weighted by molar-refractivity contribution is -0.126. The molecule has 1 aliphatic heterocycles. The highest BCUT2D eigenvalue weighted by molar-refractivity contribution is 9.10. The van der Waals surface area contributed by atoms with Gasteiger partial charge in [0, 0.05) is 12.5 Å². The Balaban J connectivity index is 0.00000180. The van der Waals surface area contributed by atoms with Crippen LogP contribution >= 0.6 is 28.3 Å². The summed E-state index contributed by atoms with van der Waals surface area (Å²) in [5.74, 6) is 0.154. The fourth-order valence-corrected chi connectivity index (χ4v) is 2.13. The standard InChI is InChI=1S/C13H16BrFN2O.ClH/c1-8(10-6-16-7-10)13(18)17-5-9-2-3-11(14)12(15)4-9;/h2-4,8,10,16H,5-7H2,1H3,(H,17,18);1H. The van der Waals surface area contributed by atoms with Gasteiger partial charge in [-0.3, -0.25) is 4.79 Å². The molecule has 6 heteroatoms. The molecule has 1 saturated heterocycles. The Morgan fingerprint density at radius 2 is 2.26 bits per heavy atom. The van der Waals surface area contributed by atoms with Crippen LogP contribution in [0.4, 0.5) is 4.39 Å². The van der Waals surface area contributed by atoms with Crippen molar-refractivity contribution in [2.75, 3.05) is 13.1 Å². The van der Waals surface area contributed by atoms with Crippen molar-refractivity contribution in [3.05, 3.63) is 34.1 Å². The summed E-state index contributed by atoms with van der Waals surface area (Å²) in [7, 11) is 0. The average molecular weight is 352 g/mol. The number of benzene rings is 1. The van der Waals surface area contributed by atoms with Gasteiger partial charge in [-0.25, -0.2) is 4.39 Å². The highest BCUT2D eigenvalue weighted by Gasteiger charge is 2.28. The zero-order valence-electron chi connectivity index (χ0n) is 10.6. The van der Waals surface area contributed by atoms with Crippen molar-refractivity contribution in [3.63, 3.8) is 0 Å². The molecule has 1 unspecified atom stereocenters. The predicted octanol–water partition coefficient (Wildman–Crippen LogP) is 2.48. The largest absolute Gasteiger partial charge is 0.352 e. The summed E-state index contributed by atoms with van der Waals surface area (Å²) in [4.78, 5) is 11.9. The Bertz CT molecular complexity index is 454. The highest BCUT2D eigenvalue weighted by atomic mass is 79.9. The molecule has 2 rings (SSSR count). The minimum Gasteiger partial charge on any atom is -0.352 e. The van der Waals surface area contributed by atoms with E-state index in [1.165, 1.54) is 6.07 Å². The maximum absolute atomic E-state index is 13.3. The summed E-state index contributed by atoms with van der Waals surface area (Å²) in [6, 6.07) is 4.87. The molecule has 1 heterocycles. The minimum atomic E-state index is -0.307. The number of hydrogen-bond donors (Lipinski definition) is 2. The summed E-state index contributed by atoms with van der Waals surface area (Å²) in [5, 5.41) is 6.00. The summed E-state index contributed by atoms with van der Waals surface area (Å²) < 4.78 is 13.7. The molecule has 0 spiro atoms. The second kappa shape index (κ2) is 7.22. The minimum absolute atomic E-state index is 0. The van der Waals surface area contributed by atoms with Crippen molar-refractivity contribution < 1.29 is 9.18 Å². The van der Waals surface area contributed by atoms with Gasteiger partial charge in [-0.2, -0.15) is 0 Å². The lowest BCUT2D eigenvalue weighted by Crippen LogP contribution is -2.49. The van der Waals surface area contributed by atoms with Gasteiger partial charge in [0.25, 0.3) is 0 Å². The first-order valence-corrected chi connectivity index (χ1v) is 6.79. The van der Waals surface area contributed by atoms with E-state index < -0.39 is 0 Å². The van der Waals surface area contributed by atoms with Gasteiger partial charge in [-0.05, 0) is 52.6 Å². The fourth-order valence-electron chi connectivity index (χ4n) is 1.88. The van der Waals surface area contributed by atoms with Gasteiger partial charge in [-0.1, -0.05) is 13.0 Å². The third kappa shape index (κ3) is 4.16. The quantitative estimate of drug-likeness (QED) is 0.875. The van der Waals surface area contributed by atoms with Gasteiger partial charge in [0.2, 0.25) is 5.91 Å². The maximum atomic E-state index is 13.3. The van der Waals surface area contributed by atoms with Crippen molar-refractivity contribution in [1.82, 2.24) is 10.6 Å². The van der Waals surface area contributed by atoms with Gasteiger partial charge in [-0.15, -0.1) is 12.4 Å². The molecule has 0 bridgehead atoms. The van der Waals surface area contributed by atoms with Crippen molar-refractivity contribution >= 4 is 34.2 Å². The monoisotopic (exact) mass is 350 g/mol. The molecule has 1 aliphatic rings. The van der Waals surface area contributed by atoms with Crippen molar-refractivity contribution in [2.45, 2.75) is 13.5 Å². The molecule has 19 heavy (non-hydrogen) atoms. The lowest BCUT2D eigenvalue weighted by atomic mass is 9.88. The number of amides is 1. The molecule has 0 radical (unpaired) electrons. The topological polar surface area (TPSA) is 41.1 Å². The molecule has 1 atom stereocenters. The van der Waals surface area contributed by atoms with Crippen molar-refractivity contribution in [2.24, 2.45) is 11.8 Å². The van der Waals surface area contributed by atoms with E-state index in [0.29, 0.717) is 16.9 Å². The van der Waals surface area contributed by atoms with E-state index in [1.54, 1.807) is 12.1 Å². The number of nitrogens with one attached hydrogen (secondary N) is 2. The van der Waals surface area contributed by atoms with E-state index in [1.807, 2.05) is 6.92 Å². The van der Waals surface area contributed by atoms with E-state index >= 15 is 0 Å². The Morgan fingerprint density at radius 3 is 2.79 bits per heavy atom. The molecule has 3 nitrogen and oxygen atoms in total. The summed E-state index contributed by atoms with van der Waals surface area (Å²) in [6.07, 6.45) is 0. The average Bonchev–Trinajstić information content (AvgIpc) is 2.28. The van der Waals surface area contributed by atoms with Crippen molar-refractivity contribution in [1.29, 1.82) is 0 Å². The Kier molecular flexibility index (Phi) is 6.23. The molecular weight excluding hydrogens is 335 g/mol. The number of carbonyl (C=O) groups excluding carboxylic acids is 1. The van der Waals surface area contributed by atoms with Crippen LogP contribution < -0.4 is 10.6 Å². The second-order valence-corrected chi connectivity index (χ2v) is 5.53. The van der Waals surface area contributed by atoms with Crippen LogP contribution in [0.2, 0.25) is 0 Å². The van der Waals surface area contributed by atoms with E-state index in [2.05, 4.69) is 26.6 Å². The predicted molar refractivity (Wildman–Crippen MR) is 78.7 cm³/mol. The first kappa shape index (κ1) is 16.4. The van der Waals surface area contributed by atoms with Crippen LogP contribution in [0, 0.1) is 17.7 Å². The number of halogens is 3. The van der Waals surface area contributed by atoms with E-state index in [-0.39, 0.29) is 30.0 Å². The molecule has 1 fully saturated rings. The third-order valence-electron chi connectivity index (χ3n) is 3.38. The Hall–Kier alpha value is -0.650. The lowest BCUT2D eigenvalue weighted by Gasteiger charge is -2.31. The molecule has 1 amide bonds. The molecule has 0 saturated carbocycles. The van der Waals surface area contributed by atoms with Gasteiger partial charge in [0.05, 0.1) is 4.47 Å². The number of rotatable bonds is 4. The smallest absolute Gasteiger partial charge is 0.223 e. The van der Waals surface area contributed by atoms with Crippen LogP contribution in [-0.4, -0.2) is 19.0 Å². The zero-order valence-corrected chi connectivity index (χ0v) is 13.0. The molecule has 2 N–H and O–H groups in total. The Labute approximate surface area is 126 Å². The fraction of sp³-hybridized carbons (Fsp3) is 0.462. The SMILES string of the molecule is CC(C(=O)NCc1ccc(Br)c(F)c1)C1CNC1.Cl. The van der Waals surface area contributed by atoms with Gasteiger partial charge in [0.15, 0.2) is 0 Å². The van der Waals surface area contributed by atoms with Gasteiger partial charge in [0.1, 0.15) is 5.82 Å². The molecule has 1 aromatic carbocycles. The highest BCUT2D eigenvalue weighted by Crippen LogP contribution is 2.18. The zero-order chi connectivity index (χ0) is 13.1. The summed E-state index contributed by atoms with van der Waals surface area (Å²) in [6.45, 7) is 4.11. The van der Waals surface area contributed by atoms with Crippen LogP contribution in [0.15, 0.2) is 22.7 Å². The molecular formula is C13H17BrClFN2O. The second-order valence-electron chi connectivity index (χ2n) is 4.67. The molecule has 106 valence electrons. The first-order chi connectivity index (χ1) is 8.58. The van der Waals surface area contributed by atoms with E-state index in [9.17, 15) is 9.18 Å². The van der Waals surface area contributed by atoms with E-state index in [4.69, 9.17) is 0 Å². The van der Waals surface area contributed by atoms with Crippen LogP contribution in [0.1, 0.15) is 12.5 Å². The molecule has 0 aliphatic carbocycles. The number of hydrogen-bond acceptors (Lipinski definition) is 2. The van der Waals surface area contributed by atoms with Crippen LogP contribution in [-0.2, 0) is 11.3 Å². The molecule has 0 aromatic heterocycles. The maximum Gasteiger partial charge on any atom is 0.223 e. The van der Waals surface area contributed by atoms with Gasteiger partial charge < -0.3 is 10.6 Å². The van der Waals surface area contributed by atoms with Crippen LogP contribution in [0.3, 0.4) is 0 Å². The third-order valence-corrected chi connectivity index (χ3v) is 4.03. The molecule has 1 aromatic rings. The first-order valence-electron chi connectivity index (χ1n) is 6.00. The Morgan fingerprint density at radius 1 is 1.58 bits per heavy atom.